The number of alkyl halides is 6. The molecule has 1 nitrogen and oxygen atoms in total. The maximum absolute atomic E-state index is 10.6. The zero-order chi connectivity index (χ0) is 7.71. The van der Waals surface area contributed by atoms with Gasteiger partial charge in [0.05, 0.1) is 0 Å². The topological polar surface area (TPSA) is 9.23 Å². The van der Waals surface area contributed by atoms with E-state index in [1.165, 1.54) is 0 Å². The van der Waals surface area contributed by atoms with Crippen LogP contribution in [0.25, 0.3) is 0 Å². The summed E-state index contributed by atoms with van der Waals surface area (Å²) >= 11 is 0. The second-order valence-corrected chi connectivity index (χ2v) is 0.994. The third-order valence-corrected chi connectivity index (χ3v) is 0.231. The SMILES string of the molecule is FC(F)(F)OC(F)(F)F.S. The maximum Gasteiger partial charge on any atom is 0.529 e. The fourth-order valence-corrected chi connectivity index (χ4v) is 0.131. The summed E-state index contributed by atoms with van der Waals surface area (Å²) in [5.41, 5.74) is 0. The van der Waals surface area contributed by atoms with Crippen LogP contribution < -0.4 is 0 Å². The van der Waals surface area contributed by atoms with Crippen LogP contribution in [0.15, 0.2) is 0 Å². The molecule has 0 aromatic rings. The summed E-state index contributed by atoms with van der Waals surface area (Å²) in [6.45, 7) is 0. The molecule has 64 valence electrons. The van der Waals surface area contributed by atoms with Crippen molar-refractivity contribution in [2.75, 3.05) is 0 Å². The molecule has 0 radical (unpaired) electrons. The monoisotopic (exact) mass is 188 g/mol. The Morgan fingerprint density at radius 2 is 0.900 bits per heavy atom. The Kier molecular flexibility index (Phi) is 4.18. The molecule has 0 atom stereocenters. The van der Waals surface area contributed by atoms with Crippen molar-refractivity contribution in [2.24, 2.45) is 0 Å². The first-order chi connectivity index (χ1) is 3.71. The van der Waals surface area contributed by atoms with Gasteiger partial charge in [0.15, 0.2) is 0 Å². The van der Waals surface area contributed by atoms with Gasteiger partial charge in [-0.25, -0.2) is 0 Å². The van der Waals surface area contributed by atoms with E-state index in [0.29, 0.717) is 0 Å². The number of rotatable bonds is 0. The standard InChI is InChI=1S/C2F6O.H2S/c3-1(4,5)9-2(6,7)8;/h;1H2. The van der Waals surface area contributed by atoms with Crippen LogP contribution in [0.2, 0.25) is 0 Å². The zero-order valence-corrected chi connectivity index (χ0v) is 5.18. The molecule has 0 saturated heterocycles. The van der Waals surface area contributed by atoms with Gasteiger partial charge in [-0.1, -0.05) is 0 Å². The van der Waals surface area contributed by atoms with Crippen LogP contribution in [0.3, 0.4) is 0 Å². The van der Waals surface area contributed by atoms with Gasteiger partial charge in [0.1, 0.15) is 0 Å². The lowest BCUT2D eigenvalue weighted by molar-refractivity contribution is -0.463. The van der Waals surface area contributed by atoms with Gasteiger partial charge in [-0.15, -0.1) is 26.3 Å². The van der Waals surface area contributed by atoms with Gasteiger partial charge in [-0.2, -0.15) is 18.2 Å². The van der Waals surface area contributed by atoms with Crippen LogP contribution in [0.4, 0.5) is 26.3 Å². The predicted molar refractivity (Wildman–Crippen MR) is 23.6 cm³/mol. The highest BCUT2D eigenvalue weighted by Gasteiger charge is 2.45. The molecule has 0 amide bonds. The van der Waals surface area contributed by atoms with Crippen molar-refractivity contribution in [3.8, 4) is 0 Å². The van der Waals surface area contributed by atoms with Crippen molar-refractivity contribution in [1.82, 2.24) is 0 Å². The quantitative estimate of drug-likeness (QED) is 0.529. The molecule has 10 heavy (non-hydrogen) atoms. The van der Waals surface area contributed by atoms with Crippen molar-refractivity contribution in [2.45, 2.75) is 12.7 Å². The minimum Gasteiger partial charge on any atom is -0.197 e. The average molecular weight is 188 g/mol. The summed E-state index contributed by atoms with van der Waals surface area (Å²) in [6.07, 6.45) is -11.3. The Morgan fingerprint density at radius 1 is 0.700 bits per heavy atom. The molecule has 0 aliphatic rings. The van der Waals surface area contributed by atoms with E-state index in [2.05, 4.69) is 0 Å². The lowest BCUT2D eigenvalue weighted by Gasteiger charge is -2.08. The Balaban J connectivity index is 0. The first kappa shape index (κ1) is 12.6. The van der Waals surface area contributed by atoms with Crippen LogP contribution in [0, 0.1) is 0 Å². The molecular weight excluding hydrogens is 186 g/mol. The molecule has 0 aromatic carbocycles. The summed E-state index contributed by atoms with van der Waals surface area (Å²) < 4.78 is 65.3. The van der Waals surface area contributed by atoms with Gasteiger partial charge in [0.2, 0.25) is 0 Å². The molecule has 0 fully saturated rings. The molecule has 0 N–H and O–H groups in total. The average Bonchev–Trinajstić information content (AvgIpc) is 1.14. The summed E-state index contributed by atoms with van der Waals surface area (Å²) in [4.78, 5) is 0. The molecule has 8 heteroatoms. The number of hydrogen-bond acceptors (Lipinski definition) is 1. The van der Waals surface area contributed by atoms with E-state index in [9.17, 15) is 26.3 Å². The highest BCUT2D eigenvalue weighted by atomic mass is 32.1. The Labute approximate surface area is 58.4 Å². The van der Waals surface area contributed by atoms with Gasteiger partial charge in [-0.3, -0.25) is 0 Å². The van der Waals surface area contributed by atoms with Crippen molar-refractivity contribution >= 4 is 13.5 Å². The Hall–Kier alpha value is -0.110. The largest absolute Gasteiger partial charge is 0.529 e. The van der Waals surface area contributed by atoms with Crippen molar-refractivity contribution in [3.05, 3.63) is 0 Å². The van der Waals surface area contributed by atoms with E-state index in [4.69, 9.17) is 0 Å². The molecule has 0 spiro atoms. The van der Waals surface area contributed by atoms with Gasteiger partial charge < -0.3 is 0 Å². The first-order valence-electron chi connectivity index (χ1n) is 1.54. The van der Waals surface area contributed by atoms with Gasteiger partial charge in [-0.05, 0) is 0 Å². The lowest BCUT2D eigenvalue weighted by Crippen LogP contribution is -2.25. The molecule has 0 bridgehead atoms. The Bertz CT molecular complexity index is 80.9. The predicted octanol–water partition coefficient (Wildman–Crippen LogP) is 2.16. The molecule has 0 unspecified atom stereocenters. The molecule has 0 rings (SSSR count). The highest BCUT2D eigenvalue weighted by Crippen LogP contribution is 2.28. The number of hydrogen-bond donors (Lipinski definition) is 0. The molecule has 0 aromatic heterocycles. The van der Waals surface area contributed by atoms with Gasteiger partial charge in [0, 0.05) is 0 Å². The highest BCUT2D eigenvalue weighted by molar-refractivity contribution is 7.59. The maximum atomic E-state index is 10.6. The normalized spacial score (nSPS) is 12.6. The second-order valence-electron chi connectivity index (χ2n) is 0.994. The van der Waals surface area contributed by atoms with Crippen molar-refractivity contribution in [3.63, 3.8) is 0 Å². The van der Waals surface area contributed by atoms with E-state index in [1.54, 1.807) is 4.74 Å². The van der Waals surface area contributed by atoms with E-state index < -0.39 is 12.7 Å². The number of ether oxygens (including phenoxy) is 1. The van der Waals surface area contributed by atoms with Crippen LogP contribution in [-0.4, -0.2) is 12.7 Å². The smallest absolute Gasteiger partial charge is 0.197 e. The first-order valence-corrected chi connectivity index (χ1v) is 1.54. The van der Waals surface area contributed by atoms with Crippen molar-refractivity contribution in [1.29, 1.82) is 0 Å². The molecule has 0 saturated carbocycles. The van der Waals surface area contributed by atoms with E-state index in [1.807, 2.05) is 0 Å². The zero-order valence-electron chi connectivity index (χ0n) is 4.18. The second kappa shape index (κ2) is 3.33. The van der Waals surface area contributed by atoms with Crippen molar-refractivity contribution < 1.29 is 31.1 Å². The van der Waals surface area contributed by atoms with E-state index in [-0.39, 0.29) is 13.5 Å². The molecule has 0 aliphatic carbocycles. The Morgan fingerprint density at radius 3 is 0.900 bits per heavy atom. The third-order valence-electron chi connectivity index (χ3n) is 0.231. The third kappa shape index (κ3) is 10.8. The van der Waals surface area contributed by atoms with Gasteiger partial charge in [0.25, 0.3) is 0 Å². The van der Waals surface area contributed by atoms with Gasteiger partial charge >= 0.3 is 12.7 Å². The fraction of sp³-hybridized carbons (Fsp3) is 1.00. The van der Waals surface area contributed by atoms with E-state index >= 15 is 0 Å². The molecule has 0 heterocycles. The fourth-order valence-electron chi connectivity index (χ4n) is 0.131. The minimum absolute atomic E-state index is 0. The van der Waals surface area contributed by atoms with Crippen LogP contribution in [0.5, 0.6) is 0 Å². The summed E-state index contributed by atoms with van der Waals surface area (Å²) in [7, 11) is 0. The summed E-state index contributed by atoms with van der Waals surface area (Å²) in [6, 6.07) is 0. The minimum atomic E-state index is -5.64. The van der Waals surface area contributed by atoms with Crippen LogP contribution >= 0.6 is 13.5 Å². The van der Waals surface area contributed by atoms with Crippen LogP contribution in [-0.2, 0) is 4.74 Å². The van der Waals surface area contributed by atoms with E-state index in [0.717, 1.165) is 0 Å². The lowest BCUT2D eigenvalue weighted by atomic mass is 11.2. The summed E-state index contributed by atoms with van der Waals surface area (Å²) in [5.74, 6) is 0. The number of halogens is 6. The summed E-state index contributed by atoms with van der Waals surface area (Å²) in [5, 5.41) is 0. The van der Waals surface area contributed by atoms with Crippen LogP contribution in [0.1, 0.15) is 0 Å². The molecular formula is C2H2F6OS. The molecule has 0 aliphatic heterocycles.